The van der Waals surface area contributed by atoms with Crippen molar-refractivity contribution in [2.75, 3.05) is 23.3 Å². The molecule has 0 bridgehead atoms. The van der Waals surface area contributed by atoms with Crippen LogP contribution in [-0.4, -0.2) is 29.0 Å². The molecule has 0 aliphatic carbocycles. The average Bonchev–Trinajstić information content (AvgIpc) is 3.25. The first-order valence-corrected chi connectivity index (χ1v) is 8.48. The molecule has 1 N–H and O–H groups in total. The minimum absolute atomic E-state index is 0.122. The number of nitrogens with zero attached hydrogens (tertiary/aromatic N) is 3. The first kappa shape index (κ1) is 14.1. The van der Waals surface area contributed by atoms with E-state index in [4.69, 9.17) is 0 Å². The largest absolute Gasteiger partial charge is 0.341 e. The van der Waals surface area contributed by atoms with E-state index in [0.717, 1.165) is 29.1 Å². The quantitative estimate of drug-likeness (QED) is 0.800. The maximum absolute atomic E-state index is 12.4. The Kier molecular flexibility index (Phi) is 3.67. The van der Waals surface area contributed by atoms with E-state index in [-0.39, 0.29) is 5.91 Å². The Morgan fingerprint density at radius 2 is 1.87 bits per heavy atom. The van der Waals surface area contributed by atoms with Crippen LogP contribution in [0.5, 0.6) is 0 Å². The van der Waals surface area contributed by atoms with Crippen LogP contribution < -0.4 is 10.2 Å². The molecule has 0 unspecified atom stereocenters. The second-order valence-electron chi connectivity index (χ2n) is 5.57. The van der Waals surface area contributed by atoms with E-state index in [1.165, 1.54) is 24.2 Å². The Bertz CT molecular complexity index is 804. The van der Waals surface area contributed by atoms with Gasteiger partial charge in [-0.2, -0.15) is 0 Å². The summed E-state index contributed by atoms with van der Waals surface area (Å²) >= 11 is 1.49. The number of nitrogens with one attached hydrogen (secondary N) is 1. The second-order valence-corrected chi connectivity index (χ2v) is 6.65. The number of carbonyl (C=O) groups excluding carboxylic acids is 1. The predicted octanol–water partition coefficient (Wildman–Crippen LogP) is 3.54. The minimum atomic E-state index is -0.122. The van der Waals surface area contributed by atoms with Crippen LogP contribution in [-0.2, 0) is 0 Å². The third-order valence-electron chi connectivity index (χ3n) is 3.93. The molecule has 1 aromatic carbocycles. The maximum Gasteiger partial charge on any atom is 0.265 e. The number of rotatable bonds is 3. The van der Waals surface area contributed by atoms with E-state index in [2.05, 4.69) is 20.2 Å². The third-order valence-corrected chi connectivity index (χ3v) is 5.05. The van der Waals surface area contributed by atoms with Gasteiger partial charge < -0.3 is 10.2 Å². The number of amides is 1. The van der Waals surface area contributed by atoms with Gasteiger partial charge in [-0.25, -0.2) is 9.97 Å². The lowest BCUT2D eigenvalue weighted by atomic mass is 10.2. The normalized spacial score (nSPS) is 14.3. The van der Waals surface area contributed by atoms with Crippen molar-refractivity contribution in [3.63, 3.8) is 0 Å². The molecule has 4 rings (SSSR count). The van der Waals surface area contributed by atoms with Gasteiger partial charge in [0.1, 0.15) is 0 Å². The fourth-order valence-corrected chi connectivity index (χ4v) is 3.71. The molecule has 1 aliphatic rings. The number of hydrogen-bond acceptors (Lipinski definition) is 5. The number of thiophene rings is 1. The molecule has 1 amide bonds. The first-order chi connectivity index (χ1) is 11.3. The van der Waals surface area contributed by atoms with Gasteiger partial charge in [0, 0.05) is 17.8 Å². The summed E-state index contributed by atoms with van der Waals surface area (Å²) in [6, 6.07) is 9.89. The summed E-state index contributed by atoms with van der Waals surface area (Å²) < 4.78 is 1.11. The highest BCUT2D eigenvalue weighted by atomic mass is 32.1. The van der Waals surface area contributed by atoms with Crippen molar-refractivity contribution in [3.8, 4) is 0 Å². The fourth-order valence-electron chi connectivity index (χ4n) is 2.75. The van der Waals surface area contributed by atoms with Crippen molar-refractivity contribution < 1.29 is 4.79 Å². The number of aromatic nitrogens is 2. The molecule has 5 nitrogen and oxygen atoms in total. The van der Waals surface area contributed by atoms with Crippen LogP contribution in [0.15, 0.2) is 42.7 Å². The molecule has 0 radical (unpaired) electrons. The molecule has 3 aromatic rings. The Hall–Kier alpha value is -2.47. The average molecular weight is 324 g/mol. The number of anilines is 2. The molecule has 2 aromatic heterocycles. The molecule has 1 fully saturated rings. The van der Waals surface area contributed by atoms with Crippen molar-refractivity contribution in [1.29, 1.82) is 0 Å². The van der Waals surface area contributed by atoms with Gasteiger partial charge in [0.05, 0.1) is 23.0 Å². The zero-order chi connectivity index (χ0) is 15.6. The van der Waals surface area contributed by atoms with Gasteiger partial charge in [0.25, 0.3) is 5.91 Å². The molecular weight excluding hydrogens is 308 g/mol. The summed E-state index contributed by atoms with van der Waals surface area (Å²) in [5, 5.41) is 3.95. The summed E-state index contributed by atoms with van der Waals surface area (Å²) in [5.74, 6) is 0.617. The third kappa shape index (κ3) is 2.90. The number of fused-ring (bicyclic) bond motifs is 1. The lowest BCUT2D eigenvalue weighted by Crippen LogP contribution is -2.20. The summed E-state index contributed by atoms with van der Waals surface area (Å²) in [7, 11) is 0. The molecule has 0 saturated carbocycles. The van der Waals surface area contributed by atoms with Crippen molar-refractivity contribution in [3.05, 3.63) is 47.6 Å². The van der Waals surface area contributed by atoms with E-state index in [9.17, 15) is 4.79 Å². The Morgan fingerprint density at radius 1 is 1.13 bits per heavy atom. The van der Waals surface area contributed by atoms with Gasteiger partial charge in [0.15, 0.2) is 0 Å². The lowest BCUT2D eigenvalue weighted by Gasteiger charge is -2.14. The standard InChI is InChI=1S/C17H16N4OS/c22-16(15-9-12-5-1-2-6-14(12)23-15)20-13-10-18-17(19-11-13)21-7-3-4-8-21/h1-2,5-6,9-11H,3-4,7-8H2,(H,20,22). The molecule has 0 atom stereocenters. The summed E-state index contributed by atoms with van der Waals surface area (Å²) in [6.45, 7) is 2.01. The van der Waals surface area contributed by atoms with Crippen LogP contribution in [0.25, 0.3) is 10.1 Å². The van der Waals surface area contributed by atoms with Crippen molar-refractivity contribution in [1.82, 2.24) is 9.97 Å². The van der Waals surface area contributed by atoms with E-state index in [1.807, 2.05) is 30.3 Å². The topological polar surface area (TPSA) is 58.1 Å². The monoisotopic (exact) mass is 324 g/mol. The molecule has 23 heavy (non-hydrogen) atoms. The van der Waals surface area contributed by atoms with Crippen LogP contribution >= 0.6 is 11.3 Å². The zero-order valence-corrected chi connectivity index (χ0v) is 13.3. The van der Waals surface area contributed by atoms with E-state index in [1.54, 1.807) is 12.4 Å². The van der Waals surface area contributed by atoms with Crippen LogP contribution in [0.3, 0.4) is 0 Å². The first-order valence-electron chi connectivity index (χ1n) is 7.66. The van der Waals surface area contributed by atoms with Crippen LogP contribution in [0, 0.1) is 0 Å². The summed E-state index contributed by atoms with van der Waals surface area (Å²) in [4.78, 5) is 23.9. The maximum atomic E-state index is 12.4. The van der Waals surface area contributed by atoms with Gasteiger partial charge in [0.2, 0.25) is 5.95 Å². The molecule has 1 aliphatic heterocycles. The fraction of sp³-hybridized carbons (Fsp3) is 0.235. The van der Waals surface area contributed by atoms with Gasteiger partial charge in [-0.05, 0) is 30.4 Å². The lowest BCUT2D eigenvalue weighted by molar-refractivity contribution is 0.103. The van der Waals surface area contributed by atoms with Gasteiger partial charge in [-0.3, -0.25) is 4.79 Å². The number of carbonyl (C=O) groups is 1. The van der Waals surface area contributed by atoms with Crippen LogP contribution in [0.2, 0.25) is 0 Å². The van der Waals surface area contributed by atoms with Crippen molar-refractivity contribution >= 4 is 39.0 Å². The highest BCUT2D eigenvalue weighted by Gasteiger charge is 2.15. The van der Waals surface area contributed by atoms with E-state index < -0.39 is 0 Å². The molecule has 6 heteroatoms. The van der Waals surface area contributed by atoms with Gasteiger partial charge in [-0.1, -0.05) is 18.2 Å². The van der Waals surface area contributed by atoms with Crippen molar-refractivity contribution in [2.45, 2.75) is 12.8 Å². The summed E-state index contributed by atoms with van der Waals surface area (Å²) in [6.07, 6.45) is 5.72. The smallest absolute Gasteiger partial charge is 0.265 e. The highest BCUT2D eigenvalue weighted by molar-refractivity contribution is 7.20. The van der Waals surface area contributed by atoms with Crippen molar-refractivity contribution in [2.24, 2.45) is 0 Å². The molecular formula is C17H16N4OS. The van der Waals surface area contributed by atoms with Gasteiger partial charge >= 0.3 is 0 Å². The molecule has 0 spiro atoms. The van der Waals surface area contributed by atoms with Crippen LogP contribution in [0.4, 0.5) is 11.6 Å². The SMILES string of the molecule is O=C(Nc1cnc(N2CCCC2)nc1)c1cc2ccccc2s1. The molecule has 116 valence electrons. The zero-order valence-electron chi connectivity index (χ0n) is 12.5. The van der Waals surface area contributed by atoms with E-state index in [0.29, 0.717) is 10.6 Å². The number of benzene rings is 1. The molecule has 3 heterocycles. The Morgan fingerprint density at radius 3 is 2.61 bits per heavy atom. The minimum Gasteiger partial charge on any atom is -0.341 e. The van der Waals surface area contributed by atoms with E-state index >= 15 is 0 Å². The van der Waals surface area contributed by atoms with Crippen LogP contribution in [0.1, 0.15) is 22.5 Å². The number of hydrogen-bond donors (Lipinski definition) is 1. The Labute approximate surface area is 138 Å². The molecule has 1 saturated heterocycles. The second kappa shape index (κ2) is 5.96. The van der Waals surface area contributed by atoms with Gasteiger partial charge in [-0.15, -0.1) is 11.3 Å². The Balaban J connectivity index is 1.49. The highest BCUT2D eigenvalue weighted by Crippen LogP contribution is 2.26. The predicted molar refractivity (Wildman–Crippen MR) is 93.3 cm³/mol. The summed E-state index contributed by atoms with van der Waals surface area (Å²) in [5.41, 5.74) is 0.621.